The fraction of sp³-hybridized carbons (Fsp3) is 0.250. The van der Waals surface area contributed by atoms with Crippen molar-refractivity contribution < 1.29 is 43.0 Å². The zero-order valence-corrected chi connectivity index (χ0v) is 31.6. The van der Waals surface area contributed by atoms with Crippen LogP contribution in [0.15, 0.2) is 79.3 Å². The number of amides is 5. The molecule has 0 radical (unpaired) electrons. The van der Waals surface area contributed by atoms with Gasteiger partial charge in [0.05, 0.1) is 60.1 Å². The number of hydrogen-bond donors (Lipinski definition) is 5. The number of nitrogens with zero attached hydrogens (tertiary/aromatic N) is 3. The number of benzene rings is 3. The minimum atomic E-state index is -1.04. The van der Waals surface area contributed by atoms with E-state index in [-0.39, 0.29) is 91.3 Å². The molecule has 2 aromatic heterocycles. The highest BCUT2D eigenvalue weighted by molar-refractivity contribution is 6.36. The van der Waals surface area contributed by atoms with Crippen LogP contribution in [-0.2, 0) is 23.9 Å². The average Bonchev–Trinajstić information content (AvgIpc) is 3.77. The standard InChI is InChI=1S/C40H37ClN8O9/c41-28-19-24(58-23-5-2-1-3-6-23)9-10-25(28)35(52)27-20-44-36-34(27)37(47-22-46-36)45-21-32(51)43-14-16-57-18-17-56-15-13-42-29-8-4-7-26-33(29)40(55)49(39(26)54)30-11-12-31(50)48-38(30)53/h1-10,19-20,22,30,42H,11-18,21H2,(H,43,51)(H,48,50,53)(H2,44,45,46,47). The maximum Gasteiger partial charge on any atom is 0.264 e. The SMILES string of the molecule is O=C(CNc1ncnc2[nH]cc(C(=O)c3ccc(Oc4ccccc4)cc3Cl)c12)NCCOCCOCCNc1cccc2c1C(=O)N(C1CCC(=O)NC1=O)C2=O. The van der Waals surface area contributed by atoms with Crippen LogP contribution >= 0.6 is 11.6 Å². The fourth-order valence-corrected chi connectivity index (χ4v) is 6.78. The first-order valence-corrected chi connectivity index (χ1v) is 18.7. The molecule has 1 unspecified atom stereocenters. The quantitative estimate of drug-likeness (QED) is 0.0485. The molecule has 18 heteroatoms. The summed E-state index contributed by atoms with van der Waals surface area (Å²) in [5, 5.41) is 11.7. The van der Waals surface area contributed by atoms with Gasteiger partial charge in [-0.15, -0.1) is 0 Å². The molecular formula is C40H37ClN8O9. The van der Waals surface area contributed by atoms with Gasteiger partial charge in [-0.2, -0.15) is 0 Å². The second kappa shape index (κ2) is 18.1. The van der Waals surface area contributed by atoms with E-state index in [1.807, 2.05) is 30.3 Å². The second-order valence-electron chi connectivity index (χ2n) is 13.1. The number of hydrogen-bond acceptors (Lipinski definition) is 13. The van der Waals surface area contributed by atoms with Gasteiger partial charge in [0, 0.05) is 43.0 Å². The van der Waals surface area contributed by atoms with E-state index < -0.39 is 29.7 Å². The lowest BCUT2D eigenvalue weighted by atomic mass is 10.0. The van der Waals surface area contributed by atoms with Crippen LogP contribution in [0.3, 0.4) is 0 Å². The molecule has 0 spiro atoms. The minimum Gasteiger partial charge on any atom is -0.457 e. The molecule has 5 aromatic rings. The molecule has 5 N–H and O–H groups in total. The number of rotatable bonds is 18. The van der Waals surface area contributed by atoms with Crippen molar-refractivity contribution in [3.05, 3.63) is 107 Å². The molecular weight excluding hydrogens is 772 g/mol. The smallest absolute Gasteiger partial charge is 0.264 e. The van der Waals surface area contributed by atoms with Crippen LogP contribution in [0.5, 0.6) is 11.5 Å². The summed E-state index contributed by atoms with van der Waals surface area (Å²) >= 11 is 6.52. The summed E-state index contributed by atoms with van der Waals surface area (Å²) in [5.41, 5.74) is 1.72. The number of carbonyl (C=O) groups excluding carboxylic acids is 6. The summed E-state index contributed by atoms with van der Waals surface area (Å²) < 4.78 is 17.0. The first kappa shape index (κ1) is 39.5. The van der Waals surface area contributed by atoms with Gasteiger partial charge in [-0.3, -0.25) is 39.0 Å². The van der Waals surface area contributed by atoms with Crippen molar-refractivity contribution >= 4 is 69.5 Å². The van der Waals surface area contributed by atoms with Gasteiger partial charge in [-0.25, -0.2) is 9.97 Å². The van der Waals surface area contributed by atoms with Gasteiger partial charge in [0.1, 0.15) is 35.3 Å². The van der Waals surface area contributed by atoms with Crippen molar-refractivity contribution in [2.75, 3.05) is 56.7 Å². The van der Waals surface area contributed by atoms with Gasteiger partial charge in [-0.1, -0.05) is 35.9 Å². The molecule has 3 aromatic carbocycles. The van der Waals surface area contributed by atoms with Crippen LogP contribution in [-0.4, -0.2) is 107 Å². The van der Waals surface area contributed by atoms with Crippen molar-refractivity contribution in [3.63, 3.8) is 0 Å². The normalized spacial score (nSPS) is 15.0. The second-order valence-corrected chi connectivity index (χ2v) is 13.5. The average molecular weight is 809 g/mol. The van der Waals surface area contributed by atoms with Crippen LogP contribution < -0.4 is 26.0 Å². The maximum atomic E-state index is 13.6. The fourth-order valence-electron chi connectivity index (χ4n) is 6.52. The van der Waals surface area contributed by atoms with Crippen molar-refractivity contribution in [1.29, 1.82) is 0 Å². The highest BCUT2D eigenvalue weighted by Crippen LogP contribution is 2.33. The molecule has 1 saturated heterocycles. The van der Waals surface area contributed by atoms with Crippen LogP contribution in [0.2, 0.25) is 5.02 Å². The van der Waals surface area contributed by atoms with E-state index in [0.717, 1.165) is 4.90 Å². The lowest BCUT2D eigenvalue weighted by Gasteiger charge is -2.27. The monoisotopic (exact) mass is 808 g/mol. The highest BCUT2D eigenvalue weighted by Gasteiger charge is 2.45. The number of ether oxygens (including phenoxy) is 3. The van der Waals surface area contributed by atoms with Gasteiger partial charge in [-0.05, 0) is 42.8 Å². The predicted molar refractivity (Wildman–Crippen MR) is 210 cm³/mol. The number of aromatic amines is 1. The van der Waals surface area contributed by atoms with Crippen LogP contribution in [0.4, 0.5) is 11.5 Å². The van der Waals surface area contributed by atoms with E-state index in [1.54, 1.807) is 30.3 Å². The van der Waals surface area contributed by atoms with Crippen molar-refractivity contribution in [1.82, 2.24) is 30.5 Å². The third kappa shape index (κ3) is 8.81. The number of halogens is 1. The third-order valence-electron chi connectivity index (χ3n) is 9.27. The van der Waals surface area contributed by atoms with E-state index in [1.165, 1.54) is 18.6 Å². The van der Waals surface area contributed by atoms with Gasteiger partial charge in [0.25, 0.3) is 11.8 Å². The molecule has 0 saturated carbocycles. The van der Waals surface area contributed by atoms with Gasteiger partial charge in [0.15, 0.2) is 5.78 Å². The number of carbonyl (C=O) groups is 6. The molecule has 58 heavy (non-hydrogen) atoms. The number of imide groups is 2. The zero-order valence-electron chi connectivity index (χ0n) is 30.8. The highest BCUT2D eigenvalue weighted by atomic mass is 35.5. The van der Waals surface area contributed by atoms with Crippen LogP contribution in [0.1, 0.15) is 49.5 Å². The molecule has 2 aliphatic rings. The van der Waals surface area contributed by atoms with Crippen molar-refractivity contribution in [3.8, 4) is 11.5 Å². The lowest BCUT2D eigenvalue weighted by Crippen LogP contribution is -2.54. The number of fused-ring (bicyclic) bond motifs is 2. The molecule has 7 rings (SSSR count). The van der Waals surface area contributed by atoms with Crippen LogP contribution in [0, 0.1) is 0 Å². The molecule has 4 heterocycles. The van der Waals surface area contributed by atoms with E-state index in [2.05, 4.69) is 36.2 Å². The summed E-state index contributed by atoms with van der Waals surface area (Å²) in [7, 11) is 0. The van der Waals surface area contributed by atoms with E-state index in [9.17, 15) is 28.8 Å². The number of nitrogens with one attached hydrogen (secondary N) is 5. The van der Waals surface area contributed by atoms with Crippen LogP contribution in [0.25, 0.3) is 11.0 Å². The Morgan fingerprint density at radius 3 is 2.41 bits per heavy atom. The number of aromatic nitrogens is 3. The largest absolute Gasteiger partial charge is 0.457 e. The Balaban J connectivity index is 0.808. The first-order chi connectivity index (χ1) is 28.2. The Morgan fingerprint density at radius 1 is 0.845 bits per heavy atom. The van der Waals surface area contributed by atoms with Crippen molar-refractivity contribution in [2.45, 2.75) is 18.9 Å². The zero-order chi connectivity index (χ0) is 40.6. The van der Waals surface area contributed by atoms with E-state index in [0.29, 0.717) is 40.6 Å². The summed E-state index contributed by atoms with van der Waals surface area (Å²) in [4.78, 5) is 88.8. The third-order valence-corrected chi connectivity index (χ3v) is 9.58. The summed E-state index contributed by atoms with van der Waals surface area (Å²) in [6.45, 7) is 1.45. The Morgan fingerprint density at radius 2 is 1.64 bits per heavy atom. The molecule has 298 valence electrons. The molecule has 5 amide bonds. The Hall–Kier alpha value is -6.69. The number of ketones is 1. The Labute approximate surface area is 335 Å². The predicted octanol–water partition coefficient (Wildman–Crippen LogP) is 3.71. The molecule has 1 fully saturated rings. The van der Waals surface area contributed by atoms with E-state index in [4.69, 9.17) is 25.8 Å². The van der Waals surface area contributed by atoms with Gasteiger partial charge in [0.2, 0.25) is 17.7 Å². The Kier molecular flexibility index (Phi) is 12.3. The topological polar surface area (TPSA) is 223 Å². The number of anilines is 2. The first-order valence-electron chi connectivity index (χ1n) is 18.3. The van der Waals surface area contributed by atoms with Gasteiger partial charge >= 0.3 is 0 Å². The molecule has 0 bridgehead atoms. The molecule has 1 atom stereocenters. The summed E-state index contributed by atoms with van der Waals surface area (Å²) in [5.74, 6) is -1.58. The lowest BCUT2D eigenvalue weighted by molar-refractivity contribution is -0.136. The van der Waals surface area contributed by atoms with Gasteiger partial charge < -0.3 is 35.1 Å². The summed E-state index contributed by atoms with van der Waals surface area (Å²) in [6, 6.07) is 17.8. The minimum absolute atomic E-state index is 0.0404. The Bertz CT molecular complexity index is 2390. The molecule has 2 aliphatic heterocycles. The number of piperidine rings is 1. The van der Waals surface area contributed by atoms with Crippen molar-refractivity contribution in [2.24, 2.45) is 0 Å². The molecule has 0 aliphatic carbocycles. The molecule has 17 nitrogen and oxygen atoms in total. The van der Waals surface area contributed by atoms with E-state index >= 15 is 0 Å². The number of H-pyrrole nitrogens is 1. The summed E-state index contributed by atoms with van der Waals surface area (Å²) in [6.07, 6.45) is 2.96. The maximum absolute atomic E-state index is 13.6. The number of para-hydroxylation sites is 1.